The fourth-order valence-electron chi connectivity index (χ4n) is 3.99. The minimum Gasteiger partial charge on any atom is -0.365 e. The Morgan fingerprint density at radius 3 is 2.63 bits per heavy atom. The van der Waals surface area contributed by atoms with Crippen LogP contribution >= 0.6 is 11.3 Å². The Kier molecular flexibility index (Phi) is 5.19. The van der Waals surface area contributed by atoms with Gasteiger partial charge in [-0.1, -0.05) is 25.1 Å². The quantitative estimate of drug-likeness (QED) is 0.668. The predicted molar refractivity (Wildman–Crippen MR) is 118 cm³/mol. The average molecular weight is 425 g/mol. The van der Waals surface area contributed by atoms with Crippen molar-refractivity contribution in [1.29, 1.82) is 0 Å². The smallest absolute Gasteiger partial charge is 0.277 e. The summed E-state index contributed by atoms with van der Waals surface area (Å²) in [5.74, 6) is -0.474. The molecule has 0 bridgehead atoms. The van der Waals surface area contributed by atoms with E-state index in [-0.39, 0.29) is 17.3 Å². The summed E-state index contributed by atoms with van der Waals surface area (Å²) in [5.41, 5.74) is 6.92. The van der Waals surface area contributed by atoms with Crippen LogP contribution in [0.5, 0.6) is 0 Å². The van der Waals surface area contributed by atoms with Gasteiger partial charge in [-0.05, 0) is 50.7 Å². The number of benzene rings is 1. The van der Waals surface area contributed by atoms with E-state index >= 15 is 0 Å². The second kappa shape index (κ2) is 7.68. The molecule has 3 N–H and O–H groups in total. The van der Waals surface area contributed by atoms with Gasteiger partial charge in [0.1, 0.15) is 5.00 Å². The van der Waals surface area contributed by atoms with Crippen LogP contribution in [-0.4, -0.2) is 21.6 Å². The first-order chi connectivity index (χ1) is 14.3. The number of hydrogen-bond donors (Lipinski definition) is 2. The normalized spacial score (nSPS) is 15.9. The average Bonchev–Trinajstić information content (AvgIpc) is 3.05. The summed E-state index contributed by atoms with van der Waals surface area (Å²) in [6.07, 6.45) is 2.64. The molecule has 0 radical (unpaired) electrons. The number of amides is 2. The van der Waals surface area contributed by atoms with Gasteiger partial charge < -0.3 is 11.1 Å². The van der Waals surface area contributed by atoms with E-state index in [0.29, 0.717) is 27.3 Å². The Balaban J connectivity index is 1.81. The molecule has 2 heterocycles. The number of anilines is 1. The van der Waals surface area contributed by atoms with E-state index in [1.807, 2.05) is 13.8 Å². The number of primary amides is 1. The Hall–Kier alpha value is -3.00. The van der Waals surface area contributed by atoms with Crippen LogP contribution in [0.3, 0.4) is 0 Å². The first-order valence-electron chi connectivity index (χ1n) is 10.0. The summed E-state index contributed by atoms with van der Waals surface area (Å²) < 4.78 is 1.31. The summed E-state index contributed by atoms with van der Waals surface area (Å²) in [4.78, 5) is 39.2. The van der Waals surface area contributed by atoms with Crippen molar-refractivity contribution in [3.05, 3.63) is 56.3 Å². The number of carbonyl (C=O) groups excluding carboxylic acids is 2. The van der Waals surface area contributed by atoms with Crippen molar-refractivity contribution in [2.45, 2.75) is 46.1 Å². The number of thiophene rings is 1. The lowest BCUT2D eigenvalue weighted by Crippen LogP contribution is -2.29. The lowest BCUT2D eigenvalue weighted by molar-refractivity contribution is 0.1000. The standard InChI is InChI=1S/C22H24N4O3S/c1-11(2)26-22(29)14-7-5-4-6-13(14)18(25-26)20(28)24-21-17(19(23)27)15-9-8-12(3)10-16(15)30-21/h4-7,11-12H,8-10H2,1-3H3,(H2,23,27)(H,24,28)/t12-/m0/s1. The maximum atomic E-state index is 13.2. The molecule has 156 valence electrons. The molecule has 0 aliphatic heterocycles. The first kappa shape index (κ1) is 20.3. The van der Waals surface area contributed by atoms with E-state index in [1.165, 1.54) is 16.0 Å². The van der Waals surface area contributed by atoms with Crippen molar-refractivity contribution in [2.24, 2.45) is 11.7 Å². The number of fused-ring (bicyclic) bond motifs is 2. The van der Waals surface area contributed by atoms with Crippen LogP contribution in [0.1, 0.15) is 64.5 Å². The number of aromatic nitrogens is 2. The molecule has 1 aromatic carbocycles. The molecular formula is C22H24N4O3S. The summed E-state index contributed by atoms with van der Waals surface area (Å²) in [6.45, 7) is 5.85. The molecule has 1 aliphatic carbocycles. The molecular weight excluding hydrogens is 400 g/mol. The molecule has 30 heavy (non-hydrogen) atoms. The number of carbonyl (C=O) groups is 2. The van der Waals surface area contributed by atoms with Gasteiger partial charge in [-0.2, -0.15) is 5.10 Å². The van der Waals surface area contributed by atoms with Gasteiger partial charge in [-0.15, -0.1) is 11.3 Å². The summed E-state index contributed by atoms with van der Waals surface area (Å²) in [7, 11) is 0. The Morgan fingerprint density at radius 2 is 1.97 bits per heavy atom. The van der Waals surface area contributed by atoms with Crippen molar-refractivity contribution in [3.63, 3.8) is 0 Å². The lowest BCUT2D eigenvalue weighted by atomic mass is 9.88. The van der Waals surface area contributed by atoms with Crippen molar-refractivity contribution in [2.75, 3.05) is 5.32 Å². The van der Waals surface area contributed by atoms with Crippen LogP contribution in [0.4, 0.5) is 5.00 Å². The molecule has 1 atom stereocenters. The monoisotopic (exact) mass is 424 g/mol. The fraction of sp³-hybridized carbons (Fsp3) is 0.364. The minimum atomic E-state index is -0.540. The summed E-state index contributed by atoms with van der Waals surface area (Å²) in [5, 5.41) is 8.57. The molecule has 4 rings (SSSR count). The molecule has 0 unspecified atom stereocenters. The SMILES string of the molecule is CC(C)n1nc(C(=O)Nc2sc3c(c2C(N)=O)CC[C@H](C)C3)c2ccccc2c1=O. The highest BCUT2D eigenvalue weighted by molar-refractivity contribution is 7.17. The van der Waals surface area contributed by atoms with Crippen LogP contribution in [0.15, 0.2) is 29.1 Å². The van der Waals surface area contributed by atoms with Gasteiger partial charge in [-0.25, -0.2) is 4.68 Å². The highest BCUT2D eigenvalue weighted by Gasteiger charge is 2.28. The van der Waals surface area contributed by atoms with Gasteiger partial charge in [-0.3, -0.25) is 14.4 Å². The van der Waals surface area contributed by atoms with Gasteiger partial charge >= 0.3 is 0 Å². The number of nitrogens with one attached hydrogen (secondary N) is 1. The zero-order chi connectivity index (χ0) is 21.6. The van der Waals surface area contributed by atoms with Crippen LogP contribution in [0.25, 0.3) is 10.8 Å². The molecule has 0 fully saturated rings. The van der Waals surface area contributed by atoms with Gasteiger partial charge in [0.15, 0.2) is 5.69 Å². The van der Waals surface area contributed by atoms with E-state index in [1.54, 1.807) is 24.3 Å². The highest BCUT2D eigenvalue weighted by atomic mass is 32.1. The molecule has 3 aromatic rings. The molecule has 0 saturated carbocycles. The second-order valence-electron chi connectivity index (χ2n) is 8.11. The first-order valence-corrected chi connectivity index (χ1v) is 10.9. The number of hydrogen-bond acceptors (Lipinski definition) is 5. The Labute approximate surface area is 177 Å². The molecule has 0 spiro atoms. The molecule has 7 nitrogen and oxygen atoms in total. The second-order valence-corrected chi connectivity index (χ2v) is 9.22. The number of rotatable bonds is 4. The zero-order valence-electron chi connectivity index (χ0n) is 17.2. The van der Waals surface area contributed by atoms with E-state index in [4.69, 9.17) is 5.73 Å². The third-order valence-corrected chi connectivity index (χ3v) is 6.69. The maximum Gasteiger partial charge on any atom is 0.277 e. The minimum absolute atomic E-state index is 0.147. The van der Waals surface area contributed by atoms with Crippen LogP contribution < -0.4 is 16.6 Å². The highest BCUT2D eigenvalue weighted by Crippen LogP contribution is 2.39. The van der Waals surface area contributed by atoms with Gasteiger partial charge in [0, 0.05) is 10.3 Å². The lowest BCUT2D eigenvalue weighted by Gasteiger charge is -2.18. The summed E-state index contributed by atoms with van der Waals surface area (Å²) in [6, 6.07) is 6.72. The predicted octanol–water partition coefficient (Wildman–Crippen LogP) is 3.51. The van der Waals surface area contributed by atoms with Gasteiger partial charge in [0.25, 0.3) is 17.4 Å². The van der Waals surface area contributed by atoms with E-state index in [0.717, 1.165) is 29.7 Å². The molecule has 1 aliphatic rings. The van der Waals surface area contributed by atoms with E-state index in [9.17, 15) is 14.4 Å². The molecule has 8 heteroatoms. The van der Waals surface area contributed by atoms with Crippen LogP contribution in [0.2, 0.25) is 0 Å². The maximum absolute atomic E-state index is 13.2. The van der Waals surface area contributed by atoms with Crippen LogP contribution in [0, 0.1) is 5.92 Å². The fourth-order valence-corrected chi connectivity index (χ4v) is 5.40. The van der Waals surface area contributed by atoms with Crippen molar-refractivity contribution in [1.82, 2.24) is 9.78 Å². The van der Waals surface area contributed by atoms with Crippen molar-refractivity contribution < 1.29 is 9.59 Å². The third-order valence-electron chi connectivity index (χ3n) is 5.52. The number of nitrogens with two attached hydrogens (primary N) is 1. The third kappa shape index (κ3) is 3.41. The number of nitrogens with zero attached hydrogens (tertiary/aromatic N) is 2. The van der Waals surface area contributed by atoms with E-state index in [2.05, 4.69) is 17.3 Å². The topological polar surface area (TPSA) is 107 Å². The zero-order valence-corrected chi connectivity index (χ0v) is 18.0. The van der Waals surface area contributed by atoms with E-state index < -0.39 is 11.8 Å². The molecule has 0 saturated heterocycles. The molecule has 2 amide bonds. The Bertz CT molecular complexity index is 1230. The Morgan fingerprint density at radius 1 is 1.27 bits per heavy atom. The largest absolute Gasteiger partial charge is 0.365 e. The molecule has 2 aromatic heterocycles. The van der Waals surface area contributed by atoms with Crippen molar-refractivity contribution in [3.8, 4) is 0 Å². The van der Waals surface area contributed by atoms with Gasteiger partial charge in [0.2, 0.25) is 0 Å². The van der Waals surface area contributed by atoms with Crippen LogP contribution in [-0.2, 0) is 12.8 Å². The summed E-state index contributed by atoms with van der Waals surface area (Å²) >= 11 is 1.41. The van der Waals surface area contributed by atoms with Gasteiger partial charge in [0.05, 0.1) is 17.0 Å². The van der Waals surface area contributed by atoms with Crippen molar-refractivity contribution >= 4 is 38.9 Å².